The number of para-hydroxylation sites is 4. The number of carbonyl (C=O) groups is 2. The highest BCUT2D eigenvalue weighted by Gasteiger charge is 2.31. The summed E-state index contributed by atoms with van der Waals surface area (Å²) < 4.78 is 23.0. The van der Waals surface area contributed by atoms with Crippen LogP contribution in [-0.2, 0) is 9.59 Å². The van der Waals surface area contributed by atoms with E-state index in [1.165, 1.54) is 0 Å². The second-order valence-electron chi connectivity index (χ2n) is 17.2. The Balaban J connectivity index is 0.000000172. The second-order valence-corrected chi connectivity index (χ2v) is 18.8. The number of aromatic nitrogens is 2. The molecule has 2 saturated heterocycles. The standard InChI is InChI=1S/C27H28ClN3O3.C18H20ClN3O.C9H9BrO2.ClH/c28-21-10-8-19(9-11-21)26(23-5-3-4-14-29-23)30-27(32)20-12-15-31(16-13-20)17-22-18-33-24-6-1-2-7-25(24)34-22;19-15-6-4-13(5-7-15)17(16-3-1-2-10-21-16)22-18(23)14-8-11-20-12-9-14;10-5-7-6-11-8-3-1-2-4-9(8)12-7;/h1-11,14,20,22,26H,12-13,15-18H2,(H,30,32);1-7,10,14,17,20H,8-9,11-12H2,(H,22,23);1-4,7H,5-6H2;1H. The van der Waals surface area contributed by atoms with Gasteiger partial charge < -0.3 is 34.9 Å². The van der Waals surface area contributed by atoms with Crippen LogP contribution in [0.5, 0.6) is 23.0 Å². The number of nitrogens with one attached hydrogen (secondary N) is 3. The normalized spacial score (nSPS) is 18.4. The number of nitrogens with zero attached hydrogens (tertiary/aromatic N) is 3. The molecular formula is C54H58BrCl3N6O6. The first-order valence-corrected chi connectivity index (χ1v) is 25.4. The lowest BCUT2D eigenvalue weighted by molar-refractivity contribution is -0.127. The third-order valence-corrected chi connectivity index (χ3v) is 13.6. The van der Waals surface area contributed by atoms with Crippen molar-refractivity contribution in [2.24, 2.45) is 11.8 Å². The van der Waals surface area contributed by atoms with E-state index in [2.05, 4.69) is 46.7 Å². The van der Waals surface area contributed by atoms with E-state index >= 15 is 0 Å². The van der Waals surface area contributed by atoms with Crippen molar-refractivity contribution in [3.05, 3.63) is 178 Å². The van der Waals surface area contributed by atoms with Gasteiger partial charge >= 0.3 is 0 Å². The minimum absolute atomic E-state index is 0. The maximum absolute atomic E-state index is 13.2. The van der Waals surface area contributed by atoms with E-state index in [0.717, 1.165) is 109 Å². The third-order valence-electron chi connectivity index (χ3n) is 12.4. The molecule has 0 saturated carbocycles. The van der Waals surface area contributed by atoms with Gasteiger partial charge in [-0.1, -0.05) is 99.8 Å². The van der Waals surface area contributed by atoms with Crippen molar-refractivity contribution in [1.82, 2.24) is 30.8 Å². The number of hydrogen-bond donors (Lipinski definition) is 3. The van der Waals surface area contributed by atoms with Crippen LogP contribution < -0.4 is 34.9 Å². The zero-order chi connectivity index (χ0) is 47.8. The fourth-order valence-electron chi connectivity index (χ4n) is 8.62. The van der Waals surface area contributed by atoms with Gasteiger partial charge in [0.05, 0.1) is 23.5 Å². The Morgan fingerprint density at radius 3 is 1.49 bits per heavy atom. The molecule has 2 amide bonds. The largest absolute Gasteiger partial charge is 0.486 e. The molecule has 0 aliphatic carbocycles. The highest BCUT2D eigenvalue weighted by atomic mass is 79.9. The van der Waals surface area contributed by atoms with E-state index in [1.54, 1.807) is 12.4 Å². The summed E-state index contributed by atoms with van der Waals surface area (Å²) in [5.41, 5.74) is 3.58. The van der Waals surface area contributed by atoms with Crippen LogP contribution in [0.4, 0.5) is 0 Å². The van der Waals surface area contributed by atoms with Gasteiger partial charge in [-0.05, 0) is 136 Å². The molecule has 16 heteroatoms. The van der Waals surface area contributed by atoms with Crippen molar-refractivity contribution in [1.29, 1.82) is 0 Å². The quantitative estimate of drug-likeness (QED) is 0.108. The molecular weight excluding hydrogens is 1010 g/mol. The van der Waals surface area contributed by atoms with Crippen LogP contribution in [0.15, 0.2) is 146 Å². The van der Waals surface area contributed by atoms with Crippen LogP contribution in [0.2, 0.25) is 10.0 Å². The van der Waals surface area contributed by atoms with Gasteiger partial charge in [0.15, 0.2) is 23.0 Å². The maximum atomic E-state index is 13.2. The fourth-order valence-corrected chi connectivity index (χ4v) is 9.19. The number of halogens is 4. The van der Waals surface area contributed by atoms with E-state index in [0.29, 0.717) is 23.3 Å². The number of amides is 2. The van der Waals surface area contributed by atoms with Crippen molar-refractivity contribution in [2.75, 3.05) is 51.3 Å². The first-order chi connectivity index (χ1) is 33.8. The van der Waals surface area contributed by atoms with E-state index in [1.807, 2.05) is 133 Å². The van der Waals surface area contributed by atoms with Gasteiger partial charge in [-0.15, -0.1) is 12.4 Å². The van der Waals surface area contributed by atoms with Crippen molar-refractivity contribution >= 4 is 63.4 Å². The molecule has 4 atom stereocenters. The van der Waals surface area contributed by atoms with Crippen molar-refractivity contribution in [3.8, 4) is 23.0 Å². The number of carbonyl (C=O) groups excluding carboxylic acids is 2. The zero-order valence-corrected chi connectivity index (χ0v) is 42.6. The summed E-state index contributed by atoms with van der Waals surface area (Å²) in [6.07, 6.45) is 7.01. The van der Waals surface area contributed by atoms with Gasteiger partial charge in [-0.3, -0.25) is 24.5 Å². The van der Waals surface area contributed by atoms with E-state index in [-0.39, 0.29) is 60.3 Å². The molecule has 0 spiro atoms. The lowest BCUT2D eigenvalue weighted by Crippen LogP contribution is -2.46. The SMILES string of the molecule is BrCC1COc2ccccc2O1.Cl.O=C(NC(c1ccc(Cl)cc1)c1ccccn1)C1CCN(CC2COc3ccccc3O2)CC1.O=C(NC(c1ccc(Cl)cc1)c1ccccn1)C1CCNCC1. The summed E-state index contributed by atoms with van der Waals surface area (Å²) >= 11 is 15.4. The summed E-state index contributed by atoms with van der Waals surface area (Å²) in [5.74, 6) is 3.48. The van der Waals surface area contributed by atoms with Gasteiger partial charge in [0.1, 0.15) is 25.4 Å². The maximum Gasteiger partial charge on any atom is 0.224 e. The molecule has 0 radical (unpaired) electrons. The monoisotopic (exact) mass is 1070 g/mol. The second kappa shape index (κ2) is 26.7. The van der Waals surface area contributed by atoms with Crippen LogP contribution >= 0.6 is 51.5 Å². The molecule has 6 aromatic rings. The molecule has 2 aromatic heterocycles. The minimum Gasteiger partial charge on any atom is -0.486 e. The van der Waals surface area contributed by atoms with E-state index < -0.39 is 0 Å². The molecule has 3 N–H and O–H groups in total. The molecule has 6 heterocycles. The number of benzene rings is 4. The summed E-state index contributed by atoms with van der Waals surface area (Å²) in [6.45, 7) is 5.47. The van der Waals surface area contributed by atoms with Crippen molar-refractivity contribution in [2.45, 2.75) is 50.0 Å². The number of hydrogen-bond acceptors (Lipinski definition) is 10. The van der Waals surface area contributed by atoms with Gasteiger partial charge in [-0.25, -0.2) is 0 Å². The molecule has 12 nitrogen and oxygen atoms in total. The number of piperidine rings is 2. The van der Waals surface area contributed by atoms with Crippen molar-refractivity contribution in [3.63, 3.8) is 0 Å². The molecule has 368 valence electrons. The minimum atomic E-state index is -0.308. The topological polar surface area (TPSA) is 136 Å². The van der Waals surface area contributed by atoms with Crippen LogP contribution in [0.1, 0.15) is 60.3 Å². The lowest BCUT2D eigenvalue weighted by atomic mass is 9.94. The number of pyridine rings is 2. The Bertz CT molecular complexity index is 2540. The fraction of sp³-hybridized carbons (Fsp3) is 0.333. The average Bonchev–Trinajstić information content (AvgIpc) is 3.41. The van der Waals surface area contributed by atoms with Crippen molar-refractivity contribution < 1.29 is 28.5 Å². The number of ether oxygens (including phenoxy) is 4. The number of rotatable bonds is 11. The molecule has 4 unspecified atom stereocenters. The number of likely N-dealkylation sites (tertiary alicyclic amines) is 1. The number of fused-ring (bicyclic) bond motifs is 2. The Morgan fingerprint density at radius 1 is 0.600 bits per heavy atom. The smallest absolute Gasteiger partial charge is 0.224 e. The number of alkyl halides is 1. The van der Waals surface area contributed by atoms with E-state index in [9.17, 15) is 9.59 Å². The third kappa shape index (κ3) is 14.8. The molecule has 4 aliphatic rings. The lowest BCUT2D eigenvalue weighted by Gasteiger charge is -2.35. The molecule has 70 heavy (non-hydrogen) atoms. The first kappa shape index (κ1) is 52.4. The van der Waals surface area contributed by atoms with Gasteiger partial charge in [0, 0.05) is 46.1 Å². The predicted molar refractivity (Wildman–Crippen MR) is 280 cm³/mol. The van der Waals surface area contributed by atoms with Crippen LogP contribution in [-0.4, -0.2) is 90.2 Å². The molecule has 2 fully saturated rings. The van der Waals surface area contributed by atoms with Crippen LogP contribution in [0.3, 0.4) is 0 Å². The van der Waals surface area contributed by atoms with E-state index in [4.69, 9.17) is 42.1 Å². The summed E-state index contributed by atoms with van der Waals surface area (Å²) in [7, 11) is 0. The zero-order valence-electron chi connectivity index (χ0n) is 38.6. The molecule has 4 aromatic carbocycles. The average molecular weight is 1070 g/mol. The molecule has 0 bridgehead atoms. The first-order valence-electron chi connectivity index (χ1n) is 23.5. The Labute approximate surface area is 434 Å². The highest BCUT2D eigenvalue weighted by molar-refractivity contribution is 9.09. The molecule has 10 rings (SSSR count). The summed E-state index contributed by atoms with van der Waals surface area (Å²) in [6, 6.07) is 41.5. The summed E-state index contributed by atoms with van der Waals surface area (Å²) in [5, 5.41) is 11.8. The van der Waals surface area contributed by atoms with Gasteiger partial charge in [-0.2, -0.15) is 0 Å². The predicted octanol–water partition coefficient (Wildman–Crippen LogP) is 10.1. The van der Waals surface area contributed by atoms with Gasteiger partial charge in [0.25, 0.3) is 0 Å². The van der Waals surface area contributed by atoms with Crippen LogP contribution in [0.25, 0.3) is 0 Å². The van der Waals surface area contributed by atoms with Crippen LogP contribution in [0, 0.1) is 11.8 Å². The highest BCUT2D eigenvalue weighted by Crippen LogP contribution is 2.33. The molecule has 4 aliphatic heterocycles. The van der Waals surface area contributed by atoms with Gasteiger partial charge in [0.2, 0.25) is 11.8 Å². The Kier molecular flexibility index (Phi) is 20.0. The summed E-state index contributed by atoms with van der Waals surface area (Å²) in [4.78, 5) is 37.1. The Morgan fingerprint density at radius 2 is 1.03 bits per heavy atom. The Hall–Kier alpha value is -5.41.